The van der Waals surface area contributed by atoms with Gasteiger partial charge in [-0.1, -0.05) is 29.8 Å². The number of hydrogen-bond acceptors (Lipinski definition) is 3. The summed E-state index contributed by atoms with van der Waals surface area (Å²) in [4.78, 5) is 16.7. The Hall–Kier alpha value is -2.07. The number of aromatic nitrogens is 1. The minimum Gasteiger partial charge on any atom is -0.385 e. The Kier molecular flexibility index (Phi) is 3.80. The van der Waals surface area contributed by atoms with Crippen LogP contribution in [0.3, 0.4) is 0 Å². The van der Waals surface area contributed by atoms with Crippen LogP contribution in [0.2, 0.25) is 5.15 Å². The number of para-hydroxylation sites is 1. The van der Waals surface area contributed by atoms with Crippen molar-refractivity contribution in [1.82, 2.24) is 4.98 Å². The molecule has 2 N–H and O–H groups in total. The van der Waals surface area contributed by atoms with Gasteiger partial charge in [-0.05, 0) is 37.1 Å². The van der Waals surface area contributed by atoms with Crippen LogP contribution in [0.4, 0.5) is 11.4 Å². The predicted molar refractivity (Wildman–Crippen MR) is 84.9 cm³/mol. The van der Waals surface area contributed by atoms with Gasteiger partial charge in [-0.3, -0.25) is 4.79 Å². The smallest absolute Gasteiger partial charge is 0.232 e. The molecule has 0 spiro atoms. The van der Waals surface area contributed by atoms with E-state index in [2.05, 4.69) is 15.6 Å². The van der Waals surface area contributed by atoms with E-state index < -0.39 is 0 Å². The number of aryl methyl sites for hydroxylation is 1. The summed E-state index contributed by atoms with van der Waals surface area (Å²) in [5.74, 6) is -0.145. The summed E-state index contributed by atoms with van der Waals surface area (Å²) in [7, 11) is 0. The zero-order valence-electron chi connectivity index (χ0n) is 11.7. The minimum atomic E-state index is -0.141. The Labute approximate surface area is 128 Å². The number of amides is 1. The van der Waals surface area contributed by atoms with Crippen molar-refractivity contribution in [2.24, 2.45) is 0 Å². The first-order valence-corrected chi connectivity index (χ1v) is 7.30. The van der Waals surface area contributed by atoms with Gasteiger partial charge in [-0.2, -0.15) is 0 Å². The molecule has 1 aromatic heterocycles. The number of rotatable bonds is 2. The summed E-state index contributed by atoms with van der Waals surface area (Å²) in [5, 5.41) is 6.71. The summed E-state index contributed by atoms with van der Waals surface area (Å²) < 4.78 is 0. The lowest BCUT2D eigenvalue weighted by atomic mass is 9.90. The second-order valence-electron chi connectivity index (χ2n) is 5.11. The van der Waals surface area contributed by atoms with Gasteiger partial charge in [0.2, 0.25) is 5.91 Å². The standard InChI is InChI=1S/C16H16ClN3O/c1-10-13(6-7-15(17)19-10)20-16(21)12-8-9-18-14-5-3-2-4-11(12)14/h2-7,12,18H,8-9H2,1H3,(H,20,21). The molecule has 1 atom stereocenters. The summed E-state index contributed by atoms with van der Waals surface area (Å²) in [6.07, 6.45) is 0.781. The van der Waals surface area contributed by atoms with Crippen molar-refractivity contribution in [3.63, 3.8) is 0 Å². The van der Waals surface area contributed by atoms with Crippen LogP contribution in [0.15, 0.2) is 36.4 Å². The maximum atomic E-state index is 12.6. The van der Waals surface area contributed by atoms with Crippen LogP contribution < -0.4 is 10.6 Å². The molecule has 1 amide bonds. The van der Waals surface area contributed by atoms with Gasteiger partial charge in [0.25, 0.3) is 0 Å². The molecule has 1 aliphatic rings. The predicted octanol–water partition coefficient (Wildman–Crippen LogP) is 3.58. The highest BCUT2D eigenvalue weighted by Gasteiger charge is 2.26. The Bertz CT molecular complexity index is 687. The van der Waals surface area contributed by atoms with Crippen LogP contribution >= 0.6 is 11.6 Å². The van der Waals surface area contributed by atoms with Crippen molar-refractivity contribution in [1.29, 1.82) is 0 Å². The van der Waals surface area contributed by atoms with E-state index in [4.69, 9.17) is 11.6 Å². The molecule has 1 aromatic carbocycles. The lowest BCUT2D eigenvalue weighted by molar-refractivity contribution is -0.117. The molecule has 2 aromatic rings. The molecule has 3 rings (SSSR count). The Morgan fingerprint density at radius 1 is 1.33 bits per heavy atom. The number of carbonyl (C=O) groups is 1. The van der Waals surface area contributed by atoms with E-state index in [1.54, 1.807) is 12.1 Å². The van der Waals surface area contributed by atoms with Gasteiger partial charge in [-0.25, -0.2) is 4.98 Å². The van der Waals surface area contributed by atoms with E-state index in [0.29, 0.717) is 10.8 Å². The highest BCUT2D eigenvalue weighted by Crippen LogP contribution is 2.32. The Morgan fingerprint density at radius 2 is 2.14 bits per heavy atom. The van der Waals surface area contributed by atoms with Crippen molar-refractivity contribution in [3.8, 4) is 0 Å². The van der Waals surface area contributed by atoms with E-state index in [9.17, 15) is 4.79 Å². The van der Waals surface area contributed by atoms with Crippen molar-refractivity contribution in [3.05, 3.63) is 52.8 Å². The van der Waals surface area contributed by atoms with Gasteiger partial charge in [-0.15, -0.1) is 0 Å². The number of hydrogen-bond donors (Lipinski definition) is 2. The molecule has 0 bridgehead atoms. The van der Waals surface area contributed by atoms with Crippen LogP contribution in [-0.2, 0) is 4.79 Å². The number of fused-ring (bicyclic) bond motifs is 1. The van der Waals surface area contributed by atoms with Crippen molar-refractivity contribution in [2.45, 2.75) is 19.3 Å². The first-order chi connectivity index (χ1) is 10.1. The molecular weight excluding hydrogens is 286 g/mol. The van der Waals surface area contributed by atoms with Crippen molar-refractivity contribution in [2.75, 3.05) is 17.2 Å². The fraction of sp³-hybridized carbons (Fsp3) is 0.250. The molecule has 1 aliphatic heterocycles. The van der Waals surface area contributed by atoms with Crippen LogP contribution in [0.5, 0.6) is 0 Å². The fourth-order valence-electron chi connectivity index (χ4n) is 2.62. The fourth-order valence-corrected chi connectivity index (χ4v) is 2.81. The zero-order valence-corrected chi connectivity index (χ0v) is 12.4. The van der Waals surface area contributed by atoms with Crippen LogP contribution in [0.1, 0.15) is 23.6 Å². The van der Waals surface area contributed by atoms with Gasteiger partial charge < -0.3 is 10.6 Å². The van der Waals surface area contributed by atoms with E-state index in [0.717, 1.165) is 29.9 Å². The summed E-state index contributed by atoms with van der Waals surface area (Å²) in [6.45, 7) is 2.63. The average Bonchev–Trinajstić information content (AvgIpc) is 2.49. The Morgan fingerprint density at radius 3 is 2.95 bits per heavy atom. The van der Waals surface area contributed by atoms with Gasteiger partial charge in [0.1, 0.15) is 5.15 Å². The lowest BCUT2D eigenvalue weighted by Gasteiger charge is -2.26. The van der Waals surface area contributed by atoms with Crippen molar-refractivity contribution < 1.29 is 4.79 Å². The quantitative estimate of drug-likeness (QED) is 0.834. The number of nitrogens with one attached hydrogen (secondary N) is 2. The topological polar surface area (TPSA) is 54.0 Å². The molecular formula is C16H16ClN3O. The summed E-state index contributed by atoms with van der Waals surface area (Å²) >= 11 is 5.84. The average molecular weight is 302 g/mol. The second kappa shape index (κ2) is 5.74. The third-order valence-corrected chi connectivity index (χ3v) is 3.92. The number of anilines is 2. The first kappa shape index (κ1) is 13.9. The van der Waals surface area contributed by atoms with E-state index in [1.165, 1.54) is 0 Å². The largest absolute Gasteiger partial charge is 0.385 e. The second-order valence-corrected chi connectivity index (χ2v) is 5.50. The molecule has 0 radical (unpaired) electrons. The number of halogens is 1. The summed E-state index contributed by atoms with van der Waals surface area (Å²) in [5.41, 5.74) is 3.51. The SMILES string of the molecule is Cc1nc(Cl)ccc1NC(=O)C1CCNc2ccccc21. The molecule has 5 heteroatoms. The zero-order chi connectivity index (χ0) is 14.8. The maximum absolute atomic E-state index is 12.6. The molecule has 108 valence electrons. The number of benzene rings is 1. The summed E-state index contributed by atoms with van der Waals surface area (Å²) in [6, 6.07) is 11.4. The van der Waals surface area contributed by atoms with Crippen LogP contribution in [0, 0.1) is 6.92 Å². The molecule has 4 nitrogen and oxygen atoms in total. The van der Waals surface area contributed by atoms with E-state index >= 15 is 0 Å². The third kappa shape index (κ3) is 2.85. The molecule has 0 saturated carbocycles. The molecule has 0 fully saturated rings. The Balaban J connectivity index is 1.83. The van der Waals surface area contributed by atoms with Crippen LogP contribution in [0.25, 0.3) is 0 Å². The van der Waals surface area contributed by atoms with Gasteiger partial charge in [0.15, 0.2) is 0 Å². The molecule has 1 unspecified atom stereocenters. The van der Waals surface area contributed by atoms with E-state index in [1.807, 2.05) is 31.2 Å². The van der Waals surface area contributed by atoms with Crippen molar-refractivity contribution >= 4 is 28.9 Å². The first-order valence-electron chi connectivity index (χ1n) is 6.92. The molecule has 2 heterocycles. The van der Waals surface area contributed by atoms with Gasteiger partial charge in [0, 0.05) is 12.2 Å². The third-order valence-electron chi connectivity index (χ3n) is 3.71. The lowest BCUT2D eigenvalue weighted by Crippen LogP contribution is -2.27. The van der Waals surface area contributed by atoms with Gasteiger partial charge in [0.05, 0.1) is 17.3 Å². The monoisotopic (exact) mass is 301 g/mol. The maximum Gasteiger partial charge on any atom is 0.232 e. The van der Waals surface area contributed by atoms with E-state index in [-0.39, 0.29) is 11.8 Å². The molecule has 0 aliphatic carbocycles. The minimum absolute atomic E-state index is 0.00354. The molecule has 21 heavy (non-hydrogen) atoms. The molecule has 0 saturated heterocycles. The van der Waals surface area contributed by atoms with Gasteiger partial charge >= 0.3 is 0 Å². The normalized spacial score (nSPS) is 16.8. The number of pyridine rings is 1. The number of carbonyl (C=O) groups excluding carboxylic acids is 1. The number of nitrogens with zero attached hydrogens (tertiary/aromatic N) is 1. The highest BCUT2D eigenvalue weighted by atomic mass is 35.5. The highest BCUT2D eigenvalue weighted by molar-refractivity contribution is 6.29. The van der Waals surface area contributed by atoms with Crippen LogP contribution in [-0.4, -0.2) is 17.4 Å².